The Labute approximate surface area is 726 Å². The van der Waals surface area contributed by atoms with Gasteiger partial charge in [0, 0.05) is 100 Å². The van der Waals surface area contributed by atoms with Crippen molar-refractivity contribution in [1.29, 1.82) is 0 Å². The van der Waals surface area contributed by atoms with Gasteiger partial charge in [-0.2, -0.15) is 9.13 Å². The van der Waals surface area contributed by atoms with Crippen LogP contribution in [-0.4, -0.2) is 4.98 Å². The van der Waals surface area contributed by atoms with E-state index >= 15 is 0 Å². The van der Waals surface area contributed by atoms with E-state index in [4.69, 9.17) is 4.42 Å². The van der Waals surface area contributed by atoms with Gasteiger partial charge in [0.05, 0.1) is 16.3 Å². The molecule has 0 amide bonds. The fraction of sp³-hybridized carbons (Fsp3) is 0.160. The summed E-state index contributed by atoms with van der Waals surface area (Å²) < 4.78 is 13.3. The third kappa shape index (κ3) is 11.4. The summed E-state index contributed by atoms with van der Waals surface area (Å²) in [6.45, 7) is 22.3. The molecule has 9 aliphatic carbocycles. The van der Waals surface area contributed by atoms with E-state index in [0.717, 1.165) is 27.6 Å². The second-order valence-corrected chi connectivity index (χ2v) is 36.4. The van der Waals surface area contributed by atoms with Gasteiger partial charge in [-0.1, -0.05) is 229 Å². The molecule has 28 rings (SSSR count). The molecule has 5 heterocycles. The molecule has 19 aromatic rings. The third-order valence-corrected chi connectivity index (χ3v) is 29.3. The number of hydrogen-bond donors (Lipinski definition) is 0. The molecule has 0 saturated heterocycles. The van der Waals surface area contributed by atoms with Gasteiger partial charge < -0.3 is 4.42 Å². The molecule has 0 N–H and O–H groups in total. The van der Waals surface area contributed by atoms with Crippen LogP contribution in [0.3, 0.4) is 0 Å². The minimum absolute atomic E-state index is 0.265. The fourth-order valence-electron chi connectivity index (χ4n) is 23.4. The summed E-state index contributed by atoms with van der Waals surface area (Å²) in [5.74, 6) is 1.74. The number of aryl methyl sites for hydroxylation is 11. The van der Waals surface area contributed by atoms with Gasteiger partial charge in [0.25, 0.3) is 0 Å². The SMILES string of the molecule is Cc1cc(C)c(C)c(-c2ccc3c(-c4cc(C)c5c(c4)C4c6ccccc6C5c5cc(C)ccc54)cccc3[n+]2C)c1.Cc1cc(C)c(C)c(-c2ccc3c(-c4cc(C)c5c(c4)C4c6ccccc6C5c5ccccc54)cccc3[n+]2C)c1.Cc1ccc2c(oc3ncccc32)c1-c1cc(-c2ccc3c(c2)C2c4ccccc4C3c3ccccc32)cc[n+]1C. The smallest absolute Gasteiger partial charge is 0.227 e. The largest absolute Gasteiger partial charge is 0.437 e. The lowest BCUT2D eigenvalue weighted by molar-refractivity contribution is -0.660. The van der Waals surface area contributed by atoms with Crippen LogP contribution in [0.1, 0.15) is 191 Å². The molecule has 0 radical (unpaired) electrons. The van der Waals surface area contributed by atoms with E-state index in [1.807, 2.05) is 6.07 Å². The summed E-state index contributed by atoms with van der Waals surface area (Å²) in [6.07, 6.45) is 3.96. The first-order valence-electron chi connectivity index (χ1n) is 44.2. The van der Waals surface area contributed by atoms with Gasteiger partial charge in [0.1, 0.15) is 21.1 Å². The number of benzene rings is 14. The monoisotopic (exact) mass is 1600 g/mol. The second-order valence-electron chi connectivity index (χ2n) is 36.4. The summed E-state index contributed by atoms with van der Waals surface area (Å²) >= 11 is 0. The molecule has 6 bridgehead atoms. The lowest BCUT2D eigenvalue weighted by atomic mass is 9.60. The van der Waals surface area contributed by atoms with Gasteiger partial charge in [-0.15, -0.1) is 0 Å². The van der Waals surface area contributed by atoms with Crippen LogP contribution in [0.5, 0.6) is 0 Å². The predicted molar refractivity (Wildman–Crippen MR) is 507 cm³/mol. The van der Waals surface area contributed by atoms with Gasteiger partial charge in [0.15, 0.2) is 11.8 Å². The van der Waals surface area contributed by atoms with Crippen molar-refractivity contribution in [1.82, 2.24) is 4.98 Å². The first-order valence-corrected chi connectivity index (χ1v) is 44.2. The zero-order chi connectivity index (χ0) is 84.1. The van der Waals surface area contributed by atoms with E-state index in [9.17, 15) is 0 Å². The summed E-state index contributed by atoms with van der Waals surface area (Å²) in [4.78, 5) is 4.49. The number of furan rings is 1. The Kier molecular flexibility index (Phi) is 17.3. The predicted octanol–water partition coefficient (Wildman–Crippen LogP) is 27.2. The normalized spacial score (nSPS) is 16.4. The maximum atomic E-state index is 6.37. The Morgan fingerprint density at radius 3 is 1.16 bits per heavy atom. The molecule has 2 unspecified atom stereocenters. The van der Waals surface area contributed by atoms with Crippen molar-refractivity contribution in [2.45, 2.75) is 105 Å². The number of hydrogen-bond acceptors (Lipinski definition) is 2. The quantitative estimate of drug-likeness (QED) is 0.156. The average Bonchev–Trinajstić information content (AvgIpc) is 0.899. The van der Waals surface area contributed by atoms with Crippen LogP contribution in [0.15, 0.2) is 320 Å². The van der Waals surface area contributed by atoms with Crippen molar-refractivity contribution in [2.24, 2.45) is 21.1 Å². The number of rotatable bonds is 6. The van der Waals surface area contributed by atoms with Crippen LogP contribution in [-0.2, 0) is 21.1 Å². The maximum absolute atomic E-state index is 6.37. The molecule has 124 heavy (non-hydrogen) atoms. The van der Waals surface area contributed by atoms with Gasteiger partial charge in [-0.3, -0.25) is 0 Å². The fourth-order valence-corrected chi connectivity index (χ4v) is 23.4. The Morgan fingerprint density at radius 1 is 0.258 bits per heavy atom. The molecule has 14 aromatic carbocycles. The molecule has 0 aliphatic heterocycles. The topological polar surface area (TPSA) is 37.7 Å². The van der Waals surface area contributed by atoms with E-state index in [2.05, 4.69) is 413 Å². The van der Waals surface area contributed by atoms with Gasteiger partial charge >= 0.3 is 0 Å². The van der Waals surface area contributed by atoms with E-state index in [0.29, 0.717) is 23.5 Å². The van der Waals surface area contributed by atoms with E-state index in [1.54, 1.807) is 6.20 Å². The van der Waals surface area contributed by atoms with E-state index < -0.39 is 0 Å². The minimum Gasteiger partial charge on any atom is -0.437 e. The van der Waals surface area contributed by atoms with Crippen LogP contribution in [0.2, 0.25) is 0 Å². The molecule has 5 heteroatoms. The molecule has 596 valence electrons. The van der Waals surface area contributed by atoms with Crippen LogP contribution in [0.4, 0.5) is 0 Å². The molecule has 5 aromatic heterocycles. The maximum Gasteiger partial charge on any atom is 0.227 e. The van der Waals surface area contributed by atoms with Crippen molar-refractivity contribution in [2.75, 3.05) is 0 Å². The summed E-state index contributed by atoms with van der Waals surface area (Å²) in [6, 6.07) is 115. The summed E-state index contributed by atoms with van der Waals surface area (Å²) in [7, 11) is 6.53. The number of aromatic nitrogens is 4. The lowest BCUT2D eigenvalue weighted by Gasteiger charge is -2.43. The van der Waals surface area contributed by atoms with Gasteiger partial charge in [0.2, 0.25) is 33.8 Å². The van der Waals surface area contributed by atoms with E-state index in [-0.39, 0.29) is 17.8 Å². The number of nitrogens with zero attached hydrogens (tertiary/aromatic N) is 4. The van der Waals surface area contributed by atoms with Crippen molar-refractivity contribution in [3.63, 3.8) is 0 Å². The minimum atomic E-state index is 0.265. The summed E-state index contributed by atoms with van der Waals surface area (Å²) in [5.41, 5.74) is 58.9. The van der Waals surface area contributed by atoms with Crippen molar-refractivity contribution < 1.29 is 18.1 Å². The molecular weight excluding hydrogens is 1500 g/mol. The highest BCUT2D eigenvalue weighted by Crippen LogP contribution is 2.61. The Morgan fingerprint density at radius 2 is 0.669 bits per heavy atom. The Balaban J connectivity index is 0.000000107. The number of pyridine rings is 4. The highest BCUT2D eigenvalue weighted by molar-refractivity contribution is 6.09. The molecule has 9 aliphatic rings. The summed E-state index contributed by atoms with van der Waals surface area (Å²) in [5, 5.41) is 4.73. The van der Waals surface area contributed by atoms with Crippen molar-refractivity contribution in [3.8, 4) is 67.2 Å². The third-order valence-electron chi connectivity index (χ3n) is 29.3. The highest BCUT2D eigenvalue weighted by atomic mass is 16.3. The Hall–Kier alpha value is -14.0. The number of fused-ring (bicyclic) bond motifs is 5. The second kappa shape index (κ2) is 28.6. The standard InChI is InChI=1S/C41H36N.C40H34N.C38H27N2O/c1-23-14-15-33-35(19-23)41-32-11-8-7-10-31(32)40(33)36-22-28(21-26(4)39(36)41)29-12-9-13-37-30(29)16-17-38(42(37)6)34-20-24(2)18-25(3)27(34)5;1-23-19-24(2)26(4)34(20-23)37-18-17-29-28(15-10-16-36(29)41(37)5)27-21-25(3)38-35(22-27)39-30-11-6-8-13-32(30)40(38)33-14-9-7-12-31(33)39;1-22-13-15-30-31-12-7-18-39-38(31)41-37(30)34(22)33-21-24(17-19-40(33)2)23-14-16-29-32(20-23)36-27-10-5-3-8-25(27)35(29)26-9-4-6-11-28(26)36/h7-22,40-41H,1-6H3;6-22,39-40H,1-5H3;3-21,35-36H,1-2H3/q3*+1. The molecule has 2 atom stereocenters. The molecule has 0 saturated carbocycles. The van der Waals surface area contributed by atoms with Crippen LogP contribution >= 0.6 is 0 Å². The van der Waals surface area contributed by atoms with Gasteiger partial charge in [-0.05, 0) is 296 Å². The molecule has 5 nitrogen and oxygen atoms in total. The zero-order valence-electron chi connectivity index (χ0n) is 72.7. The van der Waals surface area contributed by atoms with Crippen LogP contribution in [0, 0.1) is 69.2 Å². The van der Waals surface area contributed by atoms with Crippen LogP contribution in [0.25, 0.3) is 111 Å². The van der Waals surface area contributed by atoms with Crippen molar-refractivity contribution in [3.05, 3.63) is 471 Å². The Bertz CT molecular complexity index is 7740. The van der Waals surface area contributed by atoms with E-state index in [1.165, 1.54) is 233 Å². The average molecular weight is 1600 g/mol. The van der Waals surface area contributed by atoms with Gasteiger partial charge in [-0.25, -0.2) is 9.55 Å². The van der Waals surface area contributed by atoms with Crippen LogP contribution < -0.4 is 13.7 Å². The molecular formula is C119H97N4O+3. The highest BCUT2D eigenvalue weighted by Gasteiger charge is 2.46. The zero-order valence-corrected chi connectivity index (χ0v) is 72.7. The molecule has 0 spiro atoms. The molecule has 0 fully saturated rings. The first kappa shape index (κ1) is 75.0. The lowest BCUT2D eigenvalue weighted by Crippen LogP contribution is -2.32. The van der Waals surface area contributed by atoms with Crippen molar-refractivity contribution >= 4 is 43.9 Å². The first-order chi connectivity index (χ1) is 60.4.